The summed E-state index contributed by atoms with van der Waals surface area (Å²) in [6.45, 7) is 15.9. The van der Waals surface area contributed by atoms with Crippen LogP contribution < -0.4 is 0 Å². The number of rotatable bonds is 10. The van der Waals surface area contributed by atoms with Crippen molar-refractivity contribution in [2.45, 2.75) is 159 Å². The van der Waals surface area contributed by atoms with E-state index in [9.17, 15) is 29.4 Å². The molecule has 15 nitrogen and oxygen atoms in total. The summed E-state index contributed by atoms with van der Waals surface area (Å²) in [4.78, 5) is 69.7. The van der Waals surface area contributed by atoms with Crippen molar-refractivity contribution in [1.29, 1.82) is 0 Å². The molecule has 16 heteroatoms. The van der Waals surface area contributed by atoms with Gasteiger partial charge in [-0.15, -0.1) is 0 Å². The minimum Gasteiger partial charge on any atom is -0.506 e. The molecule has 3 fully saturated rings. The van der Waals surface area contributed by atoms with Crippen molar-refractivity contribution in [3.8, 4) is 5.75 Å². The van der Waals surface area contributed by atoms with Gasteiger partial charge in [-0.2, -0.15) is 0 Å². The third-order valence-corrected chi connectivity index (χ3v) is 14.9. The van der Waals surface area contributed by atoms with Gasteiger partial charge in [0.2, 0.25) is 0 Å². The molecule has 3 aliphatic heterocycles. The van der Waals surface area contributed by atoms with Gasteiger partial charge in [0.05, 0.1) is 41.1 Å². The van der Waals surface area contributed by atoms with Crippen LogP contribution in [0.5, 0.6) is 5.75 Å². The highest BCUT2D eigenvalue weighted by Crippen LogP contribution is 2.45. The zero-order valence-electron chi connectivity index (χ0n) is 37.1. The molecule has 0 bridgehead atoms. The van der Waals surface area contributed by atoms with E-state index in [1.54, 1.807) is 45.7 Å². The number of methoxy groups -OCH3 is 1. The van der Waals surface area contributed by atoms with E-state index < -0.39 is 87.4 Å². The summed E-state index contributed by atoms with van der Waals surface area (Å²) in [6.07, 6.45) is 1.65. The van der Waals surface area contributed by atoms with Crippen LogP contribution in [-0.4, -0.2) is 133 Å². The number of carbonyl (C=O) groups excluding carboxylic acids is 4. The molecule has 5 heterocycles. The average Bonchev–Trinajstić information content (AvgIpc) is 3.48. The van der Waals surface area contributed by atoms with Gasteiger partial charge in [-0.25, -0.2) is 4.79 Å². The lowest BCUT2D eigenvalue weighted by Crippen LogP contribution is -2.60. The van der Waals surface area contributed by atoms with Crippen LogP contribution in [0.4, 0.5) is 4.79 Å². The standard InChI is InChI=1S/C44H65IN4O11/c1-13-28(15-14-16-29-31(50)21-47-32-22(2)17-18-46-33(29)32)49-37-25(5)34(51)23(3)20-43(8,56-12)38(58-40-36(53)30(48(10)11)19-24(4)57-40)26(6)35(52)27(7)39(54)59-41(45)44(37,9)60-42(49)55/h17-18,21,23-28,30,36-38,40-41,50,53H,13-16,19-20H2,1-12H3/t23-,24-,25+,26+,27-,28?,30+,36-,37-,38-,40+,41+,43-,44+/m1/s1. The fourth-order valence-corrected chi connectivity index (χ4v) is 10.5. The van der Waals surface area contributed by atoms with Gasteiger partial charge in [-0.3, -0.25) is 29.3 Å². The van der Waals surface area contributed by atoms with Crippen LogP contribution in [0.25, 0.3) is 11.0 Å². The monoisotopic (exact) mass is 952 g/mol. The smallest absolute Gasteiger partial charge is 0.411 e. The Morgan fingerprint density at radius 3 is 2.37 bits per heavy atom. The minimum atomic E-state index is -1.49. The fraction of sp³-hybridized carbons (Fsp3) is 0.727. The number of esters is 1. The maximum absolute atomic E-state index is 14.9. The second-order valence-corrected chi connectivity index (χ2v) is 19.0. The SMILES string of the molecule is CCC(CCCc1c(O)cnc2c(C)ccnc12)N1C(=O)O[C@]2(C)[C@@H](I)OC(=O)[C@H](C)C(=O)[C@H](C)[C@@H](O[C@@H]3O[C@H](C)C[C@H](N(C)C)[C@H]3O)[C@](C)(OC)C[C@@H](C)C(=O)[C@H](C)[C@@H]12. The number of amides is 1. The van der Waals surface area contributed by atoms with E-state index in [2.05, 4.69) is 9.97 Å². The normalized spacial score (nSPS) is 36.5. The van der Waals surface area contributed by atoms with Gasteiger partial charge in [0.15, 0.2) is 21.8 Å². The number of aromatic hydroxyl groups is 1. The molecule has 1 amide bonds. The first-order chi connectivity index (χ1) is 28.1. The first-order valence-electron chi connectivity index (χ1n) is 21.2. The number of Topliss-reactive ketones (excluding diaryl/α,β-unsaturated/α-hetero) is 2. The highest BCUT2D eigenvalue weighted by atomic mass is 127. The number of carbonyl (C=O) groups is 4. The molecular formula is C44H65IN4O11. The van der Waals surface area contributed by atoms with Crippen molar-refractivity contribution in [2.75, 3.05) is 21.2 Å². The molecule has 60 heavy (non-hydrogen) atoms. The lowest BCUT2D eigenvalue weighted by atomic mass is 9.74. The molecule has 3 aliphatic rings. The van der Waals surface area contributed by atoms with E-state index in [1.807, 2.05) is 68.4 Å². The number of hydrogen-bond acceptors (Lipinski definition) is 14. The number of aryl methyl sites for hydroxylation is 2. The molecule has 3 saturated heterocycles. The van der Waals surface area contributed by atoms with Crippen molar-refractivity contribution < 1.29 is 53.1 Å². The van der Waals surface area contributed by atoms with Gasteiger partial charge < -0.3 is 38.8 Å². The van der Waals surface area contributed by atoms with Crippen LogP contribution >= 0.6 is 22.6 Å². The van der Waals surface area contributed by atoms with E-state index >= 15 is 0 Å². The predicted molar refractivity (Wildman–Crippen MR) is 231 cm³/mol. The van der Waals surface area contributed by atoms with E-state index in [-0.39, 0.29) is 30.1 Å². The van der Waals surface area contributed by atoms with Crippen molar-refractivity contribution in [2.24, 2.45) is 23.7 Å². The molecule has 0 spiro atoms. The third kappa shape index (κ3) is 9.33. The number of fused-ring (bicyclic) bond motifs is 2. The fourth-order valence-electron chi connectivity index (χ4n) is 9.74. The lowest BCUT2D eigenvalue weighted by molar-refractivity contribution is -0.295. The second-order valence-electron chi connectivity index (χ2n) is 17.9. The Balaban J connectivity index is 1.50. The summed E-state index contributed by atoms with van der Waals surface area (Å²) in [5, 5.41) is 22.3. The Hall–Kier alpha value is -3.03. The molecule has 5 rings (SSSR count). The van der Waals surface area contributed by atoms with Crippen LogP contribution in [0.15, 0.2) is 18.5 Å². The predicted octanol–water partition coefficient (Wildman–Crippen LogP) is 5.93. The van der Waals surface area contributed by atoms with Gasteiger partial charge in [0.1, 0.15) is 23.6 Å². The molecule has 2 N–H and O–H groups in total. The molecule has 0 saturated carbocycles. The van der Waals surface area contributed by atoms with E-state index in [4.69, 9.17) is 23.7 Å². The van der Waals surface area contributed by atoms with Crippen LogP contribution in [0.3, 0.4) is 0 Å². The number of hydrogen-bond donors (Lipinski definition) is 2. The second kappa shape index (κ2) is 19.2. The molecule has 0 aromatic carbocycles. The molecule has 0 radical (unpaired) electrons. The van der Waals surface area contributed by atoms with Crippen molar-refractivity contribution >= 4 is 57.3 Å². The molecular weight excluding hydrogens is 887 g/mol. The average molecular weight is 953 g/mol. The van der Waals surface area contributed by atoms with Crippen LogP contribution in [0.2, 0.25) is 0 Å². The minimum absolute atomic E-state index is 0.0446. The summed E-state index contributed by atoms with van der Waals surface area (Å²) >= 11 is 1.93. The quantitative estimate of drug-likeness (QED) is 0.124. The van der Waals surface area contributed by atoms with Crippen LogP contribution in [0, 0.1) is 30.6 Å². The number of aliphatic hydroxyl groups excluding tert-OH is 1. The number of nitrogens with zero attached hydrogens (tertiary/aromatic N) is 4. The summed E-state index contributed by atoms with van der Waals surface area (Å²) in [7, 11) is 5.22. The highest BCUT2D eigenvalue weighted by Gasteiger charge is 2.61. The Morgan fingerprint density at radius 1 is 1.05 bits per heavy atom. The number of ketones is 2. The largest absolute Gasteiger partial charge is 0.506 e. The molecule has 0 aliphatic carbocycles. The molecule has 2 aromatic heterocycles. The summed E-state index contributed by atoms with van der Waals surface area (Å²) < 4.78 is 30.1. The lowest BCUT2D eigenvalue weighted by Gasteiger charge is -2.47. The Kier molecular flexibility index (Phi) is 15.3. The maximum atomic E-state index is 14.9. The number of pyridine rings is 2. The third-order valence-electron chi connectivity index (χ3n) is 13.4. The van der Waals surface area contributed by atoms with Gasteiger partial charge in [-0.1, -0.05) is 27.7 Å². The topological polar surface area (TPSA) is 187 Å². The molecule has 1 unspecified atom stereocenters. The van der Waals surface area contributed by atoms with Crippen molar-refractivity contribution in [1.82, 2.24) is 19.8 Å². The molecule has 334 valence electrons. The van der Waals surface area contributed by atoms with Gasteiger partial charge in [0, 0.05) is 48.7 Å². The number of cyclic esters (lactones) is 1. The van der Waals surface area contributed by atoms with Gasteiger partial charge >= 0.3 is 12.1 Å². The first-order valence-corrected chi connectivity index (χ1v) is 22.4. The maximum Gasteiger partial charge on any atom is 0.411 e. The zero-order valence-corrected chi connectivity index (χ0v) is 39.3. The van der Waals surface area contributed by atoms with Gasteiger partial charge in [-0.05, 0) is 121 Å². The number of alkyl halides is 1. The van der Waals surface area contributed by atoms with E-state index in [0.717, 1.165) is 5.56 Å². The van der Waals surface area contributed by atoms with E-state index in [0.29, 0.717) is 48.7 Å². The van der Waals surface area contributed by atoms with Crippen LogP contribution in [0.1, 0.15) is 98.6 Å². The molecule has 14 atom stereocenters. The first kappa shape index (κ1) is 48.0. The molecule has 2 aromatic rings. The number of aliphatic hydroxyl groups is 1. The number of aromatic nitrogens is 2. The Labute approximate surface area is 367 Å². The Bertz CT molecular complexity index is 1900. The van der Waals surface area contributed by atoms with Crippen molar-refractivity contribution in [3.05, 3.63) is 29.6 Å². The summed E-state index contributed by atoms with van der Waals surface area (Å²) in [5.41, 5.74) is 0.153. The number of halogens is 1. The number of ether oxygens (including phenoxy) is 5. The zero-order chi connectivity index (χ0) is 44.6. The van der Waals surface area contributed by atoms with Crippen molar-refractivity contribution in [3.63, 3.8) is 0 Å². The summed E-state index contributed by atoms with van der Waals surface area (Å²) in [6, 6.07) is 0.309. The van der Waals surface area contributed by atoms with Crippen LogP contribution in [-0.2, 0) is 44.5 Å². The highest BCUT2D eigenvalue weighted by molar-refractivity contribution is 14.1. The number of likely N-dealkylation sites (N-methyl/N-ethyl adjacent to an activating group) is 1. The Morgan fingerprint density at radius 2 is 1.73 bits per heavy atom. The summed E-state index contributed by atoms with van der Waals surface area (Å²) in [5.74, 6) is -5.17. The van der Waals surface area contributed by atoms with E-state index in [1.165, 1.54) is 20.2 Å². The van der Waals surface area contributed by atoms with Gasteiger partial charge in [0.25, 0.3) is 0 Å².